The van der Waals surface area contributed by atoms with Gasteiger partial charge in [-0.15, -0.1) is 11.3 Å². The van der Waals surface area contributed by atoms with Gasteiger partial charge in [-0.1, -0.05) is 29.8 Å². The fraction of sp³-hybridized carbons (Fsp3) is 0.500. The van der Waals surface area contributed by atoms with Gasteiger partial charge in [0.05, 0.1) is 12.6 Å². The highest BCUT2D eigenvalue weighted by atomic mass is 32.1. The fourth-order valence-electron chi connectivity index (χ4n) is 3.27. The first-order valence-corrected chi connectivity index (χ1v) is 10.0. The highest BCUT2D eigenvalue weighted by molar-refractivity contribution is 7.11. The van der Waals surface area contributed by atoms with Crippen LogP contribution < -0.4 is 10.6 Å². The van der Waals surface area contributed by atoms with Crippen molar-refractivity contribution in [3.05, 3.63) is 51.5 Å². The zero-order chi connectivity index (χ0) is 18.4. The lowest BCUT2D eigenvalue weighted by Crippen LogP contribution is -2.41. The molecule has 6 heteroatoms. The summed E-state index contributed by atoms with van der Waals surface area (Å²) in [6.45, 7) is 6.56. The van der Waals surface area contributed by atoms with Crippen LogP contribution in [0.2, 0.25) is 0 Å². The van der Waals surface area contributed by atoms with Crippen LogP contribution in [-0.2, 0) is 11.3 Å². The van der Waals surface area contributed by atoms with Crippen molar-refractivity contribution in [1.82, 2.24) is 15.6 Å². The van der Waals surface area contributed by atoms with E-state index in [9.17, 15) is 0 Å². The van der Waals surface area contributed by atoms with Gasteiger partial charge in [0.2, 0.25) is 0 Å². The predicted molar refractivity (Wildman–Crippen MR) is 108 cm³/mol. The fourth-order valence-corrected chi connectivity index (χ4v) is 3.99. The summed E-state index contributed by atoms with van der Waals surface area (Å²) in [6, 6.07) is 8.70. The van der Waals surface area contributed by atoms with Crippen molar-refractivity contribution in [3.63, 3.8) is 0 Å². The molecular formula is C20H28N4OS. The number of thiazole rings is 1. The Bertz CT molecular complexity index is 726. The monoisotopic (exact) mass is 372 g/mol. The Balaban J connectivity index is 1.55. The van der Waals surface area contributed by atoms with Crippen molar-refractivity contribution < 1.29 is 4.74 Å². The molecule has 0 radical (unpaired) electrons. The van der Waals surface area contributed by atoms with E-state index >= 15 is 0 Å². The van der Waals surface area contributed by atoms with E-state index in [1.54, 1.807) is 18.4 Å². The van der Waals surface area contributed by atoms with E-state index in [0.717, 1.165) is 37.0 Å². The molecule has 2 unspecified atom stereocenters. The SMILES string of the molecule is CN=C(NCc1ncc(C)s1)NCC1CCCOC1c1ccc(C)cc1. The first kappa shape index (κ1) is 18.9. The summed E-state index contributed by atoms with van der Waals surface area (Å²) in [5, 5.41) is 7.88. The second-order valence-electron chi connectivity index (χ2n) is 6.78. The molecule has 140 valence electrons. The lowest BCUT2D eigenvalue weighted by Gasteiger charge is -2.32. The quantitative estimate of drug-likeness (QED) is 0.622. The second-order valence-corrected chi connectivity index (χ2v) is 8.10. The van der Waals surface area contributed by atoms with Crippen molar-refractivity contribution in [2.45, 2.75) is 39.3 Å². The van der Waals surface area contributed by atoms with Gasteiger partial charge in [-0.2, -0.15) is 0 Å². The third kappa shape index (κ3) is 5.05. The van der Waals surface area contributed by atoms with E-state index in [0.29, 0.717) is 12.5 Å². The Labute approximate surface area is 159 Å². The van der Waals surface area contributed by atoms with Gasteiger partial charge in [-0.25, -0.2) is 4.98 Å². The highest BCUT2D eigenvalue weighted by Gasteiger charge is 2.27. The number of ether oxygens (including phenoxy) is 1. The molecule has 0 spiro atoms. The number of aromatic nitrogens is 1. The zero-order valence-electron chi connectivity index (χ0n) is 15.8. The van der Waals surface area contributed by atoms with E-state index in [1.165, 1.54) is 16.0 Å². The number of rotatable bonds is 5. The van der Waals surface area contributed by atoms with Gasteiger partial charge < -0.3 is 15.4 Å². The topological polar surface area (TPSA) is 58.5 Å². The van der Waals surface area contributed by atoms with Crippen molar-refractivity contribution in [2.24, 2.45) is 10.9 Å². The summed E-state index contributed by atoms with van der Waals surface area (Å²) in [4.78, 5) is 9.95. The third-order valence-corrected chi connectivity index (χ3v) is 5.59. The Hall–Kier alpha value is -1.92. The summed E-state index contributed by atoms with van der Waals surface area (Å²) < 4.78 is 6.11. The lowest BCUT2D eigenvalue weighted by atomic mass is 9.89. The Morgan fingerprint density at radius 3 is 2.77 bits per heavy atom. The lowest BCUT2D eigenvalue weighted by molar-refractivity contribution is -0.0265. The summed E-state index contributed by atoms with van der Waals surface area (Å²) >= 11 is 1.71. The molecule has 0 bridgehead atoms. The number of nitrogens with zero attached hydrogens (tertiary/aromatic N) is 2. The molecule has 1 aliphatic rings. The summed E-state index contributed by atoms with van der Waals surface area (Å²) in [5.41, 5.74) is 2.55. The van der Waals surface area contributed by atoms with E-state index in [1.807, 2.05) is 6.20 Å². The van der Waals surface area contributed by atoms with Crippen LogP contribution in [0, 0.1) is 19.8 Å². The van der Waals surface area contributed by atoms with Gasteiger partial charge in [0.25, 0.3) is 0 Å². The zero-order valence-corrected chi connectivity index (χ0v) is 16.6. The largest absolute Gasteiger partial charge is 0.373 e. The van der Waals surface area contributed by atoms with E-state index in [-0.39, 0.29) is 6.10 Å². The molecule has 0 saturated carbocycles. The minimum atomic E-state index is 0.150. The molecule has 1 aromatic carbocycles. The van der Waals surface area contributed by atoms with Crippen LogP contribution in [0.4, 0.5) is 0 Å². The molecular weight excluding hydrogens is 344 g/mol. The van der Waals surface area contributed by atoms with Gasteiger partial charge in [0.15, 0.2) is 5.96 Å². The summed E-state index contributed by atoms with van der Waals surface area (Å²) in [7, 11) is 1.80. The Morgan fingerprint density at radius 2 is 2.08 bits per heavy atom. The van der Waals surface area contributed by atoms with Crippen molar-refractivity contribution in [2.75, 3.05) is 20.2 Å². The molecule has 0 amide bonds. The third-order valence-electron chi connectivity index (χ3n) is 4.68. The van der Waals surface area contributed by atoms with Gasteiger partial charge in [0, 0.05) is 37.2 Å². The standard InChI is InChI=1S/C20H28N4OS/c1-14-6-8-16(9-7-14)19-17(5-4-10-25-19)12-23-20(21-3)24-13-18-22-11-15(2)26-18/h6-9,11,17,19H,4-5,10,12-13H2,1-3H3,(H2,21,23,24). The Morgan fingerprint density at radius 1 is 1.27 bits per heavy atom. The predicted octanol–water partition coefficient (Wildman–Crippen LogP) is 3.59. The van der Waals surface area contributed by atoms with Crippen LogP contribution >= 0.6 is 11.3 Å². The van der Waals surface area contributed by atoms with Crippen LogP contribution in [0.25, 0.3) is 0 Å². The van der Waals surface area contributed by atoms with Gasteiger partial charge in [-0.3, -0.25) is 4.99 Å². The minimum Gasteiger partial charge on any atom is -0.373 e. The van der Waals surface area contributed by atoms with E-state index in [4.69, 9.17) is 4.74 Å². The Kier molecular flexibility index (Phi) is 6.63. The number of hydrogen-bond acceptors (Lipinski definition) is 4. The van der Waals surface area contributed by atoms with Crippen molar-refractivity contribution in [3.8, 4) is 0 Å². The van der Waals surface area contributed by atoms with Crippen LogP contribution in [0.5, 0.6) is 0 Å². The molecule has 2 heterocycles. The number of benzene rings is 1. The van der Waals surface area contributed by atoms with Crippen molar-refractivity contribution >= 4 is 17.3 Å². The molecule has 1 fully saturated rings. The molecule has 2 atom stereocenters. The van der Waals surface area contributed by atoms with Crippen LogP contribution in [0.1, 0.15) is 40.0 Å². The van der Waals surface area contributed by atoms with Crippen LogP contribution in [0.3, 0.4) is 0 Å². The maximum Gasteiger partial charge on any atom is 0.191 e. The average Bonchev–Trinajstić information content (AvgIpc) is 3.08. The molecule has 2 N–H and O–H groups in total. The van der Waals surface area contributed by atoms with Crippen LogP contribution in [-0.4, -0.2) is 31.1 Å². The van der Waals surface area contributed by atoms with Crippen molar-refractivity contribution in [1.29, 1.82) is 0 Å². The summed E-state index contributed by atoms with van der Waals surface area (Å²) in [5.74, 6) is 1.25. The molecule has 3 rings (SSSR count). The first-order valence-electron chi connectivity index (χ1n) is 9.19. The molecule has 1 saturated heterocycles. The van der Waals surface area contributed by atoms with Gasteiger partial charge in [0.1, 0.15) is 5.01 Å². The molecule has 0 aliphatic carbocycles. The molecule has 1 aliphatic heterocycles. The van der Waals surface area contributed by atoms with E-state index < -0.39 is 0 Å². The molecule has 2 aromatic rings. The smallest absolute Gasteiger partial charge is 0.191 e. The first-order chi connectivity index (χ1) is 12.7. The number of aliphatic imine (C=N–C) groups is 1. The second kappa shape index (κ2) is 9.14. The number of hydrogen-bond donors (Lipinski definition) is 2. The molecule has 5 nitrogen and oxygen atoms in total. The number of nitrogens with one attached hydrogen (secondary N) is 2. The van der Waals surface area contributed by atoms with Gasteiger partial charge in [-0.05, 0) is 32.3 Å². The summed E-state index contributed by atoms with van der Waals surface area (Å²) in [6.07, 6.45) is 4.33. The normalized spacial score (nSPS) is 20.8. The maximum absolute atomic E-state index is 6.11. The highest BCUT2D eigenvalue weighted by Crippen LogP contribution is 2.33. The molecule has 1 aromatic heterocycles. The average molecular weight is 373 g/mol. The van der Waals surface area contributed by atoms with Gasteiger partial charge >= 0.3 is 0 Å². The maximum atomic E-state index is 6.11. The molecule has 26 heavy (non-hydrogen) atoms. The van der Waals surface area contributed by atoms with Crippen LogP contribution in [0.15, 0.2) is 35.5 Å². The number of aryl methyl sites for hydroxylation is 2. The van der Waals surface area contributed by atoms with E-state index in [2.05, 4.69) is 58.7 Å². The number of guanidine groups is 1. The minimum absolute atomic E-state index is 0.150.